The molecule has 0 unspecified atom stereocenters. The van der Waals surface area contributed by atoms with Gasteiger partial charge in [0.1, 0.15) is 0 Å². The summed E-state index contributed by atoms with van der Waals surface area (Å²) in [6, 6.07) is 8.22. The van der Waals surface area contributed by atoms with Gasteiger partial charge in [0.05, 0.1) is 6.26 Å². The van der Waals surface area contributed by atoms with Gasteiger partial charge in [-0.15, -0.1) is 0 Å². The fourth-order valence-electron chi connectivity index (χ4n) is 3.10. The van der Waals surface area contributed by atoms with Crippen LogP contribution in [0.5, 0.6) is 0 Å². The zero-order valence-corrected chi connectivity index (χ0v) is 11.2. The van der Waals surface area contributed by atoms with Crippen LogP contribution in [0.4, 0.5) is 0 Å². The number of sulfonamides is 1. The summed E-state index contributed by atoms with van der Waals surface area (Å²) in [5.74, 6) is 0.315. The van der Waals surface area contributed by atoms with Gasteiger partial charge in [-0.3, -0.25) is 0 Å². The Hall–Kier alpha value is -1.13. The van der Waals surface area contributed by atoms with Crippen molar-refractivity contribution in [3.63, 3.8) is 0 Å². The van der Waals surface area contributed by atoms with Gasteiger partial charge in [0.15, 0.2) is 0 Å². The first-order chi connectivity index (χ1) is 8.57. The highest BCUT2D eigenvalue weighted by atomic mass is 32.2. The molecule has 18 heavy (non-hydrogen) atoms. The molecule has 0 spiro atoms. The molecule has 1 aliphatic heterocycles. The summed E-state index contributed by atoms with van der Waals surface area (Å²) >= 11 is 0. The quantitative estimate of drug-likeness (QED) is 0.729. The van der Waals surface area contributed by atoms with Crippen molar-refractivity contribution >= 4 is 10.0 Å². The zero-order chi connectivity index (χ0) is 12.8. The first-order valence-electron chi connectivity index (χ1n) is 6.28. The van der Waals surface area contributed by atoms with E-state index in [2.05, 4.69) is 18.2 Å². The second-order valence-electron chi connectivity index (χ2n) is 5.11. The van der Waals surface area contributed by atoms with Crippen molar-refractivity contribution in [3.05, 3.63) is 47.5 Å². The molecule has 0 aromatic heterocycles. The number of hydrogen-bond donors (Lipinski definition) is 0. The van der Waals surface area contributed by atoms with E-state index in [1.807, 2.05) is 18.2 Å². The lowest BCUT2D eigenvalue weighted by molar-refractivity contribution is 0.280. The minimum atomic E-state index is -3.16. The number of benzene rings is 1. The second kappa shape index (κ2) is 4.21. The van der Waals surface area contributed by atoms with E-state index in [0.717, 1.165) is 18.4 Å². The van der Waals surface area contributed by atoms with Gasteiger partial charge in [-0.1, -0.05) is 36.4 Å². The summed E-state index contributed by atoms with van der Waals surface area (Å²) in [6.45, 7) is 0.501. The van der Waals surface area contributed by atoms with Gasteiger partial charge in [0, 0.05) is 18.5 Å². The Bertz CT molecular complexity index is 592. The predicted octanol–water partition coefficient (Wildman–Crippen LogP) is 2.26. The maximum absolute atomic E-state index is 11.9. The second-order valence-corrected chi connectivity index (χ2v) is 7.04. The van der Waals surface area contributed by atoms with E-state index in [9.17, 15) is 8.42 Å². The molecule has 1 heterocycles. The molecule has 0 fully saturated rings. The van der Waals surface area contributed by atoms with E-state index in [-0.39, 0.29) is 6.04 Å². The standard InChI is InChI=1S/C14H17NO2S/c1-18(16,17)15-10-11-6-2-3-7-12(11)13-8-4-5-9-14(13)15/h2-3,5-7,9,13-14H,4,8,10H2,1H3/t13-,14-/m0/s1. The van der Waals surface area contributed by atoms with Crippen molar-refractivity contribution in [3.8, 4) is 0 Å². The van der Waals surface area contributed by atoms with E-state index in [1.165, 1.54) is 11.8 Å². The predicted molar refractivity (Wildman–Crippen MR) is 71.7 cm³/mol. The lowest BCUT2D eigenvalue weighted by Crippen LogP contribution is -2.45. The fraction of sp³-hybridized carbons (Fsp3) is 0.429. The SMILES string of the molecule is CS(=O)(=O)N1Cc2ccccc2[C@@H]2CCC=C[C@@H]21. The summed E-state index contributed by atoms with van der Waals surface area (Å²) in [5, 5.41) is 0. The van der Waals surface area contributed by atoms with Crippen molar-refractivity contribution < 1.29 is 8.42 Å². The minimum absolute atomic E-state index is 0.00338. The van der Waals surface area contributed by atoms with Crippen LogP contribution in [0, 0.1) is 0 Å². The van der Waals surface area contributed by atoms with Crippen molar-refractivity contribution in [1.82, 2.24) is 4.31 Å². The number of rotatable bonds is 1. The average molecular weight is 263 g/mol. The number of fused-ring (bicyclic) bond motifs is 3. The molecule has 0 amide bonds. The van der Waals surface area contributed by atoms with Crippen LogP contribution in [0.1, 0.15) is 29.9 Å². The van der Waals surface area contributed by atoms with Gasteiger partial charge in [-0.2, -0.15) is 4.31 Å². The van der Waals surface area contributed by atoms with Crippen LogP contribution in [0.25, 0.3) is 0 Å². The van der Waals surface area contributed by atoms with Crippen LogP contribution in [-0.2, 0) is 16.6 Å². The van der Waals surface area contributed by atoms with Gasteiger partial charge >= 0.3 is 0 Å². The molecule has 2 atom stereocenters. The molecule has 4 heteroatoms. The van der Waals surface area contributed by atoms with Crippen LogP contribution >= 0.6 is 0 Å². The van der Waals surface area contributed by atoms with Crippen LogP contribution in [0.3, 0.4) is 0 Å². The van der Waals surface area contributed by atoms with Gasteiger partial charge in [0.25, 0.3) is 0 Å². The third kappa shape index (κ3) is 1.89. The lowest BCUT2D eigenvalue weighted by atomic mass is 9.79. The summed E-state index contributed by atoms with van der Waals surface area (Å²) in [7, 11) is -3.16. The molecule has 3 rings (SSSR count). The molecule has 0 saturated carbocycles. The molecule has 0 radical (unpaired) electrons. The van der Waals surface area contributed by atoms with Crippen LogP contribution in [-0.4, -0.2) is 25.0 Å². The average Bonchev–Trinajstić information content (AvgIpc) is 2.37. The molecule has 1 aromatic carbocycles. The van der Waals surface area contributed by atoms with Crippen LogP contribution in [0.2, 0.25) is 0 Å². The highest BCUT2D eigenvalue weighted by Crippen LogP contribution is 2.40. The van der Waals surface area contributed by atoms with Gasteiger partial charge in [0.2, 0.25) is 10.0 Å². The summed E-state index contributed by atoms with van der Waals surface area (Å²) < 4.78 is 25.5. The van der Waals surface area contributed by atoms with Crippen molar-refractivity contribution in [2.24, 2.45) is 0 Å². The Morgan fingerprint density at radius 2 is 2.06 bits per heavy atom. The molecular weight excluding hydrogens is 246 g/mol. The summed E-state index contributed by atoms with van der Waals surface area (Å²) in [6.07, 6.45) is 7.54. The fourth-order valence-corrected chi connectivity index (χ4v) is 4.14. The van der Waals surface area contributed by atoms with E-state index >= 15 is 0 Å². The third-order valence-electron chi connectivity index (χ3n) is 3.93. The Balaban J connectivity index is 2.12. The lowest BCUT2D eigenvalue weighted by Gasteiger charge is -2.41. The molecule has 0 N–H and O–H groups in total. The third-order valence-corrected chi connectivity index (χ3v) is 5.15. The smallest absolute Gasteiger partial charge is 0.212 e. The number of hydrogen-bond acceptors (Lipinski definition) is 2. The van der Waals surface area contributed by atoms with Crippen molar-refractivity contribution in [2.75, 3.05) is 6.26 Å². The van der Waals surface area contributed by atoms with E-state index in [4.69, 9.17) is 0 Å². The van der Waals surface area contributed by atoms with Crippen LogP contribution in [0.15, 0.2) is 36.4 Å². The first-order valence-corrected chi connectivity index (χ1v) is 8.13. The monoisotopic (exact) mass is 263 g/mol. The van der Waals surface area contributed by atoms with Crippen LogP contribution < -0.4 is 0 Å². The molecule has 3 nitrogen and oxygen atoms in total. The summed E-state index contributed by atoms with van der Waals surface area (Å²) in [5.41, 5.74) is 2.48. The highest BCUT2D eigenvalue weighted by molar-refractivity contribution is 7.88. The number of nitrogens with zero attached hydrogens (tertiary/aromatic N) is 1. The molecule has 0 bridgehead atoms. The van der Waals surface area contributed by atoms with Crippen molar-refractivity contribution in [1.29, 1.82) is 0 Å². The molecule has 0 saturated heterocycles. The van der Waals surface area contributed by atoms with E-state index in [0.29, 0.717) is 12.5 Å². The first kappa shape index (κ1) is 11.9. The molecule has 2 aliphatic rings. The van der Waals surface area contributed by atoms with E-state index in [1.54, 1.807) is 4.31 Å². The largest absolute Gasteiger partial charge is 0.212 e. The van der Waals surface area contributed by atoms with Crippen molar-refractivity contribution in [2.45, 2.75) is 31.3 Å². The maximum Gasteiger partial charge on any atom is 0.212 e. The number of allylic oxidation sites excluding steroid dienone is 1. The maximum atomic E-state index is 11.9. The summed E-state index contributed by atoms with van der Waals surface area (Å²) in [4.78, 5) is 0. The minimum Gasteiger partial charge on any atom is -0.212 e. The van der Waals surface area contributed by atoms with Gasteiger partial charge in [-0.25, -0.2) is 8.42 Å². The highest BCUT2D eigenvalue weighted by Gasteiger charge is 2.38. The normalized spacial score (nSPS) is 27.6. The Morgan fingerprint density at radius 1 is 1.28 bits per heavy atom. The van der Waals surface area contributed by atoms with Gasteiger partial charge in [-0.05, 0) is 24.0 Å². The molecule has 1 aromatic rings. The zero-order valence-electron chi connectivity index (χ0n) is 10.4. The Kier molecular flexibility index (Phi) is 2.79. The molecule has 96 valence electrons. The molecular formula is C14H17NO2S. The topological polar surface area (TPSA) is 37.4 Å². The Morgan fingerprint density at radius 3 is 2.83 bits per heavy atom. The Labute approximate surface area is 108 Å². The van der Waals surface area contributed by atoms with Gasteiger partial charge < -0.3 is 0 Å². The molecule has 1 aliphatic carbocycles. The van der Waals surface area contributed by atoms with E-state index < -0.39 is 10.0 Å².